The Morgan fingerprint density at radius 3 is 0.844 bits per heavy atom. The fourth-order valence-electron chi connectivity index (χ4n) is 7.58. The van der Waals surface area contributed by atoms with E-state index in [4.69, 9.17) is 4.52 Å². The molecule has 2 nitrogen and oxygen atoms in total. The molecule has 45 heavy (non-hydrogen) atoms. The fraction of sp³-hybridized carbons (Fsp3) is 0.976. The van der Waals surface area contributed by atoms with Crippen molar-refractivity contribution < 1.29 is 9.32 Å². The first-order chi connectivity index (χ1) is 22.0. The van der Waals surface area contributed by atoms with Crippen molar-refractivity contribution in [3.05, 3.63) is 0 Å². The molecular weight excluding hydrogens is 567 g/mol. The Bertz CT molecular complexity index is 584. The monoisotopic (exact) mass is 655 g/mol. The SMILES string of the molecule is CCCCCCCCCCCCCCP(CCCCCC)(CCCCCC)(CCCCCC)OC(=O)CCCCCCCCC. The molecular formula is C42H87O2P. The molecule has 0 amide bonds. The van der Waals surface area contributed by atoms with E-state index in [1.54, 1.807) is 0 Å². The standard InChI is InChI=1S/C42H87O2P/c1-6-11-16-21-23-24-25-26-27-29-31-36-41-45(38-33-18-13-8-3,39-34-19-14-9-4,40-35-20-15-10-5)44-42(43)37-32-30-28-22-17-12-7-2/h6-41H2,1-5H3. The summed E-state index contributed by atoms with van der Waals surface area (Å²) in [7, 11) is 0. The zero-order chi connectivity index (χ0) is 33.2. The van der Waals surface area contributed by atoms with E-state index in [-0.39, 0.29) is 5.97 Å². The minimum absolute atomic E-state index is 0.182. The van der Waals surface area contributed by atoms with Crippen LogP contribution < -0.4 is 0 Å². The summed E-state index contributed by atoms with van der Waals surface area (Å²) >= 11 is 0. The minimum atomic E-state index is -2.60. The molecule has 0 radical (unpaired) electrons. The van der Waals surface area contributed by atoms with Gasteiger partial charge in [-0.1, -0.05) is 13.3 Å². The Morgan fingerprint density at radius 1 is 0.333 bits per heavy atom. The van der Waals surface area contributed by atoms with Gasteiger partial charge in [0.2, 0.25) is 0 Å². The Kier molecular flexibility index (Phi) is 32.4. The molecule has 0 aliphatic heterocycles. The van der Waals surface area contributed by atoms with Crippen molar-refractivity contribution in [2.24, 2.45) is 0 Å². The van der Waals surface area contributed by atoms with Crippen LogP contribution in [0.1, 0.15) is 240 Å². The number of rotatable bonds is 37. The molecule has 0 aromatic heterocycles. The van der Waals surface area contributed by atoms with Crippen LogP contribution in [-0.2, 0) is 9.32 Å². The molecule has 0 rings (SSSR count). The van der Waals surface area contributed by atoms with Gasteiger partial charge in [-0.05, 0) is 0 Å². The maximum atomic E-state index is 13.8. The summed E-state index contributed by atoms with van der Waals surface area (Å²) in [6.07, 6.45) is 46.7. The van der Waals surface area contributed by atoms with E-state index >= 15 is 0 Å². The van der Waals surface area contributed by atoms with E-state index in [1.165, 1.54) is 217 Å². The van der Waals surface area contributed by atoms with E-state index in [9.17, 15) is 4.79 Å². The zero-order valence-corrected chi connectivity index (χ0v) is 33.1. The van der Waals surface area contributed by atoms with Gasteiger partial charge in [-0.3, -0.25) is 0 Å². The third-order valence-electron chi connectivity index (χ3n) is 10.7. The molecule has 0 fully saturated rings. The maximum absolute atomic E-state index is 13.8. The molecule has 0 bridgehead atoms. The second-order valence-electron chi connectivity index (χ2n) is 15.2. The van der Waals surface area contributed by atoms with Crippen LogP contribution in [0.15, 0.2) is 0 Å². The van der Waals surface area contributed by atoms with Gasteiger partial charge >= 0.3 is 274 Å². The van der Waals surface area contributed by atoms with Gasteiger partial charge in [-0.15, -0.1) is 0 Å². The summed E-state index contributed by atoms with van der Waals surface area (Å²) in [6.45, 7) is 8.96. The molecule has 0 saturated heterocycles. The van der Waals surface area contributed by atoms with Crippen LogP contribution in [0.4, 0.5) is 0 Å². The quantitative estimate of drug-likeness (QED) is 0.0492. The van der Waals surface area contributed by atoms with Gasteiger partial charge in [0.15, 0.2) is 0 Å². The normalized spacial score (nSPS) is 12.8. The van der Waals surface area contributed by atoms with Crippen LogP contribution in [0, 0.1) is 0 Å². The van der Waals surface area contributed by atoms with E-state index in [1.807, 2.05) is 0 Å². The molecule has 0 atom stereocenters. The van der Waals surface area contributed by atoms with Gasteiger partial charge in [0.05, 0.1) is 0 Å². The Hall–Kier alpha value is -0.100. The molecule has 0 aliphatic carbocycles. The molecule has 272 valence electrons. The van der Waals surface area contributed by atoms with E-state index in [0.717, 1.165) is 6.42 Å². The van der Waals surface area contributed by atoms with E-state index in [2.05, 4.69) is 34.6 Å². The molecule has 0 spiro atoms. The van der Waals surface area contributed by atoms with Crippen LogP contribution >= 0.6 is 6.83 Å². The second kappa shape index (κ2) is 32.4. The number of carbonyl (C=O) groups is 1. The second-order valence-corrected chi connectivity index (χ2v) is 20.8. The summed E-state index contributed by atoms with van der Waals surface area (Å²) in [6, 6.07) is 0. The molecule has 0 N–H and O–H groups in total. The van der Waals surface area contributed by atoms with Crippen LogP contribution in [0.25, 0.3) is 0 Å². The van der Waals surface area contributed by atoms with Crippen LogP contribution in [0.5, 0.6) is 0 Å². The fourth-order valence-corrected chi connectivity index (χ4v) is 14.0. The van der Waals surface area contributed by atoms with Gasteiger partial charge in [-0.2, -0.15) is 0 Å². The van der Waals surface area contributed by atoms with Gasteiger partial charge in [0.25, 0.3) is 0 Å². The van der Waals surface area contributed by atoms with Gasteiger partial charge < -0.3 is 0 Å². The van der Waals surface area contributed by atoms with Crippen molar-refractivity contribution in [3.63, 3.8) is 0 Å². The Morgan fingerprint density at radius 2 is 0.556 bits per heavy atom. The first-order valence-electron chi connectivity index (χ1n) is 21.2. The average molecular weight is 655 g/mol. The van der Waals surface area contributed by atoms with Crippen molar-refractivity contribution in [2.75, 3.05) is 24.6 Å². The predicted octanol–water partition coefficient (Wildman–Crippen LogP) is 15.6. The molecule has 0 unspecified atom stereocenters. The summed E-state index contributed by atoms with van der Waals surface area (Å²) in [5.74, 6) is 0.182. The number of unbranched alkanes of at least 4 members (excludes halogenated alkanes) is 26. The molecule has 3 heteroatoms. The number of carbonyl (C=O) groups excluding carboxylic acids is 1. The summed E-state index contributed by atoms with van der Waals surface area (Å²) < 4.78 is 7.20. The molecule has 0 aromatic carbocycles. The molecule has 0 aliphatic rings. The van der Waals surface area contributed by atoms with Crippen molar-refractivity contribution in [3.8, 4) is 0 Å². The third-order valence-corrected chi connectivity index (χ3v) is 17.2. The van der Waals surface area contributed by atoms with E-state index in [0.29, 0.717) is 6.42 Å². The van der Waals surface area contributed by atoms with Crippen LogP contribution in [-0.4, -0.2) is 30.6 Å². The zero-order valence-electron chi connectivity index (χ0n) is 32.2. The summed E-state index contributed by atoms with van der Waals surface area (Å²) in [5.41, 5.74) is 0. The van der Waals surface area contributed by atoms with Crippen molar-refractivity contribution in [1.82, 2.24) is 0 Å². The Balaban J connectivity index is 5.48. The average Bonchev–Trinajstić information content (AvgIpc) is 3.04. The Labute approximate surface area is 286 Å². The van der Waals surface area contributed by atoms with Gasteiger partial charge in [0.1, 0.15) is 0 Å². The number of hydrogen-bond acceptors (Lipinski definition) is 2. The first kappa shape index (κ1) is 44.9. The van der Waals surface area contributed by atoms with Crippen LogP contribution in [0.2, 0.25) is 0 Å². The molecule has 0 heterocycles. The number of hydrogen-bond donors (Lipinski definition) is 0. The van der Waals surface area contributed by atoms with Crippen molar-refractivity contribution in [2.45, 2.75) is 240 Å². The molecule has 0 saturated carbocycles. The first-order valence-corrected chi connectivity index (χ1v) is 24.1. The van der Waals surface area contributed by atoms with E-state index < -0.39 is 6.83 Å². The topological polar surface area (TPSA) is 26.3 Å². The summed E-state index contributed by atoms with van der Waals surface area (Å²) in [5, 5.41) is 0. The summed E-state index contributed by atoms with van der Waals surface area (Å²) in [4.78, 5) is 13.8. The van der Waals surface area contributed by atoms with Crippen molar-refractivity contribution >= 4 is 12.8 Å². The van der Waals surface area contributed by atoms with Crippen LogP contribution in [0.3, 0.4) is 0 Å². The molecule has 0 aromatic rings. The predicted molar refractivity (Wildman–Crippen MR) is 209 cm³/mol. The van der Waals surface area contributed by atoms with Crippen molar-refractivity contribution in [1.29, 1.82) is 0 Å². The van der Waals surface area contributed by atoms with Gasteiger partial charge in [-0.25, -0.2) is 0 Å². The van der Waals surface area contributed by atoms with Gasteiger partial charge in [0, 0.05) is 0 Å². The third kappa shape index (κ3) is 25.6.